The highest BCUT2D eigenvalue weighted by Crippen LogP contribution is 2.23. The van der Waals surface area contributed by atoms with E-state index < -0.39 is 28.5 Å². The van der Waals surface area contributed by atoms with E-state index in [2.05, 4.69) is 5.32 Å². The summed E-state index contributed by atoms with van der Waals surface area (Å²) in [4.78, 5) is 29.0. The van der Waals surface area contributed by atoms with Crippen LogP contribution in [0.5, 0.6) is 0 Å². The van der Waals surface area contributed by atoms with Gasteiger partial charge in [-0.2, -0.15) is 0 Å². The maximum absolute atomic E-state index is 14.0. The van der Waals surface area contributed by atoms with Crippen molar-refractivity contribution in [2.75, 3.05) is 17.1 Å². The average molecular weight is 570 g/mol. The summed E-state index contributed by atoms with van der Waals surface area (Å²) in [6.45, 7) is 7.15. The molecule has 1 unspecified atom stereocenters. The molecule has 0 aliphatic carbocycles. The van der Waals surface area contributed by atoms with Gasteiger partial charge in [0, 0.05) is 24.0 Å². The van der Waals surface area contributed by atoms with Gasteiger partial charge in [0.1, 0.15) is 12.6 Å². The van der Waals surface area contributed by atoms with E-state index in [4.69, 9.17) is 11.6 Å². The van der Waals surface area contributed by atoms with Gasteiger partial charge < -0.3 is 10.2 Å². The van der Waals surface area contributed by atoms with Crippen molar-refractivity contribution in [3.8, 4) is 0 Å². The zero-order chi connectivity index (χ0) is 28.7. The first-order valence-corrected chi connectivity index (χ1v) is 15.0. The van der Waals surface area contributed by atoms with Crippen molar-refractivity contribution in [1.29, 1.82) is 0 Å². The number of anilines is 1. The molecule has 7 nitrogen and oxygen atoms in total. The largest absolute Gasteiger partial charge is 0.352 e. The van der Waals surface area contributed by atoms with Crippen molar-refractivity contribution in [1.82, 2.24) is 10.2 Å². The fraction of sp³-hybridized carbons (Fsp3) is 0.333. The molecule has 0 aliphatic rings. The van der Waals surface area contributed by atoms with E-state index in [9.17, 15) is 18.0 Å². The van der Waals surface area contributed by atoms with Crippen molar-refractivity contribution < 1.29 is 18.0 Å². The zero-order valence-corrected chi connectivity index (χ0v) is 24.6. The average Bonchev–Trinajstić information content (AvgIpc) is 2.86. The van der Waals surface area contributed by atoms with E-state index in [1.54, 1.807) is 30.3 Å². The van der Waals surface area contributed by atoms with E-state index in [1.807, 2.05) is 70.2 Å². The Labute approximate surface area is 236 Å². The second-order valence-electron chi connectivity index (χ2n) is 10.1. The minimum absolute atomic E-state index is 0.0763. The highest BCUT2D eigenvalue weighted by molar-refractivity contribution is 7.92. The van der Waals surface area contributed by atoms with Crippen LogP contribution in [0.1, 0.15) is 36.1 Å². The Hall–Kier alpha value is -3.36. The molecule has 0 heterocycles. The molecule has 0 aromatic heterocycles. The molecule has 0 fully saturated rings. The Morgan fingerprint density at radius 3 is 2.15 bits per heavy atom. The third-order valence-corrected chi connectivity index (χ3v) is 7.78. The predicted molar refractivity (Wildman–Crippen MR) is 157 cm³/mol. The number of aryl methyl sites for hydroxylation is 2. The van der Waals surface area contributed by atoms with Crippen LogP contribution in [-0.4, -0.2) is 50.0 Å². The number of hydrogen-bond acceptors (Lipinski definition) is 4. The molecule has 3 aromatic carbocycles. The number of hydrogen-bond donors (Lipinski definition) is 1. The third kappa shape index (κ3) is 8.57. The zero-order valence-electron chi connectivity index (χ0n) is 23.0. The lowest BCUT2D eigenvalue weighted by Gasteiger charge is -2.34. The topological polar surface area (TPSA) is 86.8 Å². The SMILES string of the molecule is Cc1ccc(N(CC(=O)N(Cc2cccc(Cl)c2)C(Cc2ccccc2)C(=O)NC(C)C)S(C)(=O)=O)cc1C. The summed E-state index contributed by atoms with van der Waals surface area (Å²) in [7, 11) is -3.82. The number of benzene rings is 3. The molecule has 3 aromatic rings. The Morgan fingerprint density at radius 2 is 1.56 bits per heavy atom. The normalized spacial score (nSPS) is 12.2. The molecule has 0 bridgehead atoms. The van der Waals surface area contributed by atoms with Gasteiger partial charge in [-0.1, -0.05) is 60.1 Å². The quantitative estimate of drug-likeness (QED) is 0.356. The maximum Gasteiger partial charge on any atom is 0.244 e. The maximum atomic E-state index is 14.0. The molecule has 1 atom stereocenters. The smallest absolute Gasteiger partial charge is 0.244 e. The van der Waals surface area contributed by atoms with E-state index >= 15 is 0 Å². The lowest BCUT2D eigenvalue weighted by atomic mass is 10.0. The van der Waals surface area contributed by atoms with E-state index in [-0.39, 0.29) is 24.9 Å². The number of rotatable bonds is 11. The van der Waals surface area contributed by atoms with Crippen molar-refractivity contribution in [2.45, 2.75) is 52.7 Å². The highest BCUT2D eigenvalue weighted by atomic mass is 35.5. The second kappa shape index (κ2) is 13.1. The van der Waals surface area contributed by atoms with Crippen LogP contribution in [0.4, 0.5) is 5.69 Å². The van der Waals surface area contributed by atoms with Crippen molar-refractivity contribution in [3.05, 3.63) is 100 Å². The molecule has 2 amide bonds. The molecule has 1 N–H and O–H groups in total. The van der Waals surface area contributed by atoms with Crippen LogP contribution in [0.2, 0.25) is 5.02 Å². The molecule has 0 spiro atoms. The molecule has 0 saturated heterocycles. The summed E-state index contributed by atoms with van der Waals surface area (Å²) in [5, 5.41) is 3.43. The Bertz CT molecular complexity index is 1410. The summed E-state index contributed by atoms with van der Waals surface area (Å²) in [6, 6.07) is 20.7. The molecule has 39 heavy (non-hydrogen) atoms. The van der Waals surface area contributed by atoms with Crippen LogP contribution < -0.4 is 9.62 Å². The van der Waals surface area contributed by atoms with Crippen LogP contribution in [0.3, 0.4) is 0 Å². The number of halogens is 1. The molecule has 3 rings (SSSR count). The number of carbonyl (C=O) groups is 2. The molecule has 0 radical (unpaired) electrons. The lowest BCUT2D eigenvalue weighted by molar-refractivity contribution is -0.140. The summed E-state index contributed by atoms with van der Waals surface area (Å²) in [5.74, 6) is -0.820. The molecular weight excluding hydrogens is 534 g/mol. The van der Waals surface area contributed by atoms with Crippen molar-refractivity contribution in [3.63, 3.8) is 0 Å². The van der Waals surface area contributed by atoms with Gasteiger partial charge in [-0.05, 0) is 74.2 Å². The van der Waals surface area contributed by atoms with E-state index in [0.29, 0.717) is 10.7 Å². The Morgan fingerprint density at radius 1 is 0.897 bits per heavy atom. The summed E-state index contributed by atoms with van der Waals surface area (Å²) in [6.07, 6.45) is 1.33. The van der Waals surface area contributed by atoms with Crippen LogP contribution in [-0.2, 0) is 32.6 Å². The van der Waals surface area contributed by atoms with Crippen molar-refractivity contribution in [2.24, 2.45) is 0 Å². The fourth-order valence-corrected chi connectivity index (χ4v) is 5.32. The molecule has 0 saturated carbocycles. The van der Waals surface area contributed by atoms with Crippen LogP contribution >= 0.6 is 11.6 Å². The van der Waals surface area contributed by atoms with Gasteiger partial charge in [-0.15, -0.1) is 0 Å². The van der Waals surface area contributed by atoms with Crippen LogP contribution in [0.25, 0.3) is 0 Å². The summed E-state index contributed by atoms with van der Waals surface area (Å²) in [5.41, 5.74) is 3.91. The van der Waals surface area contributed by atoms with Gasteiger partial charge >= 0.3 is 0 Å². The molecule has 0 aliphatic heterocycles. The minimum atomic E-state index is -3.82. The number of carbonyl (C=O) groups excluding carboxylic acids is 2. The van der Waals surface area contributed by atoms with Gasteiger partial charge in [0.25, 0.3) is 0 Å². The fourth-order valence-electron chi connectivity index (χ4n) is 4.26. The predicted octanol–water partition coefficient (Wildman–Crippen LogP) is 4.89. The van der Waals surface area contributed by atoms with Gasteiger partial charge in [-0.3, -0.25) is 13.9 Å². The summed E-state index contributed by atoms with van der Waals surface area (Å²) < 4.78 is 26.9. The lowest BCUT2D eigenvalue weighted by Crippen LogP contribution is -2.54. The molecular formula is C30H36ClN3O4S. The second-order valence-corrected chi connectivity index (χ2v) is 12.4. The first-order valence-electron chi connectivity index (χ1n) is 12.8. The van der Waals surface area contributed by atoms with Gasteiger partial charge in [-0.25, -0.2) is 8.42 Å². The molecule has 9 heteroatoms. The van der Waals surface area contributed by atoms with Crippen molar-refractivity contribution >= 4 is 39.1 Å². The standard InChI is InChI=1S/C30H36ClN3O4S/c1-21(2)32-30(36)28(18-24-10-7-6-8-11-24)33(19-25-12-9-13-26(31)17-25)29(35)20-34(39(5,37)38)27-15-14-22(3)23(4)16-27/h6-17,21,28H,18-20H2,1-5H3,(H,32,36). The van der Waals surface area contributed by atoms with Crippen LogP contribution in [0.15, 0.2) is 72.8 Å². The van der Waals surface area contributed by atoms with E-state index in [1.165, 1.54) is 4.90 Å². The number of nitrogens with one attached hydrogen (secondary N) is 1. The number of amides is 2. The van der Waals surface area contributed by atoms with Crippen LogP contribution in [0, 0.1) is 13.8 Å². The van der Waals surface area contributed by atoms with Gasteiger partial charge in [0.15, 0.2) is 0 Å². The Kier molecular flexibility index (Phi) is 10.2. The Balaban J connectivity index is 2.07. The minimum Gasteiger partial charge on any atom is -0.352 e. The summed E-state index contributed by atoms with van der Waals surface area (Å²) >= 11 is 6.23. The number of nitrogens with zero attached hydrogens (tertiary/aromatic N) is 2. The van der Waals surface area contributed by atoms with E-state index in [0.717, 1.165) is 32.8 Å². The van der Waals surface area contributed by atoms with Gasteiger partial charge in [0.2, 0.25) is 21.8 Å². The first-order chi connectivity index (χ1) is 18.3. The van der Waals surface area contributed by atoms with Gasteiger partial charge in [0.05, 0.1) is 11.9 Å². The monoisotopic (exact) mass is 569 g/mol. The number of sulfonamides is 1. The molecule has 208 valence electrons. The highest BCUT2D eigenvalue weighted by Gasteiger charge is 2.33. The third-order valence-electron chi connectivity index (χ3n) is 6.40. The first kappa shape index (κ1) is 30.2.